The van der Waals surface area contributed by atoms with Gasteiger partial charge < -0.3 is 19.3 Å². The number of morpholine rings is 1. The molecule has 3 aliphatic heterocycles. The molecular formula is C35H48F5N7O4. The van der Waals surface area contributed by atoms with E-state index in [0.29, 0.717) is 45.1 Å². The summed E-state index contributed by atoms with van der Waals surface area (Å²) in [5.41, 5.74) is -5.09. The summed E-state index contributed by atoms with van der Waals surface area (Å²) in [7, 11) is 0. The highest BCUT2D eigenvalue weighted by molar-refractivity contribution is 5.98. The van der Waals surface area contributed by atoms with Gasteiger partial charge in [-0.3, -0.25) is 14.6 Å². The number of aromatic nitrogens is 3. The third-order valence-electron chi connectivity index (χ3n) is 11.8. The molecule has 0 spiro atoms. The number of piperazine rings is 1. The molecule has 2 aromatic heterocycles. The molecule has 5 heterocycles. The monoisotopic (exact) mass is 725 g/mol. The van der Waals surface area contributed by atoms with Crippen molar-refractivity contribution in [3.05, 3.63) is 23.7 Å². The largest absolute Gasteiger partial charge is 0.444 e. The van der Waals surface area contributed by atoms with Gasteiger partial charge in [0.15, 0.2) is 5.65 Å². The summed E-state index contributed by atoms with van der Waals surface area (Å²) in [6, 6.07) is 0.884. The number of alkyl halides is 5. The lowest BCUT2D eigenvalue weighted by molar-refractivity contribution is -0.411. The lowest BCUT2D eigenvalue weighted by Gasteiger charge is -2.72. The molecule has 0 unspecified atom stereocenters. The number of carbonyl (C=O) groups excluding carboxylic acids is 2. The van der Waals surface area contributed by atoms with E-state index in [0.717, 1.165) is 6.33 Å². The molecular weight excluding hydrogens is 677 g/mol. The average molecular weight is 726 g/mol. The Labute approximate surface area is 294 Å². The van der Waals surface area contributed by atoms with Crippen LogP contribution in [0.2, 0.25) is 0 Å². The van der Waals surface area contributed by atoms with Crippen LogP contribution >= 0.6 is 0 Å². The Hall–Kier alpha value is -3.11. The maximum atomic E-state index is 16.5. The summed E-state index contributed by atoms with van der Waals surface area (Å²) in [6.07, 6.45) is -5.71. The van der Waals surface area contributed by atoms with E-state index in [4.69, 9.17) is 9.47 Å². The van der Waals surface area contributed by atoms with Crippen molar-refractivity contribution in [1.29, 1.82) is 0 Å². The number of rotatable bonds is 6. The van der Waals surface area contributed by atoms with Crippen LogP contribution in [0.3, 0.4) is 0 Å². The van der Waals surface area contributed by atoms with E-state index in [1.165, 1.54) is 15.5 Å². The van der Waals surface area contributed by atoms with Crippen molar-refractivity contribution in [1.82, 2.24) is 29.3 Å². The number of nitrogens with zero attached hydrogens (tertiary/aromatic N) is 7. The second kappa shape index (κ2) is 11.7. The maximum absolute atomic E-state index is 16.5. The lowest BCUT2D eigenvalue weighted by atomic mass is 9.32. The standard InChI is InChI=1S/C35H48F5N7O4/c1-21-11-44(23(12-43-8-9-50-15-22(43)2)13-45(21)29(49)51-30(3,4)5)14-26(48)46-19-31(6,7)27-25(46)10-24(28-41-20-42-47(27)28)34(36,37)32-16-33(17-32,18-32)35(38,39)40/h10,20-23H,8-9,11-19H2,1-7H3/t21-,22-,23+,32?,33?/m1/s1. The van der Waals surface area contributed by atoms with Crippen molar-refractivity contribution in [2.45, 2.75) is 109 Å². The van der Waals surface area contributed by atoms with Gasteiger partial charge in [-0.2, -0.15) is 18.3 Å². The Kier molecular flexibility index (Phi) is 8.31. The first-order valence-corrected chi connectivity index (χ1v) is 17.8. The first-order valence-electron chi connectivity index (χ1n) is 17.8. The Bertz CT molecular complexity index is 1700. The van der Waals surface area contributed by atoms with Gasteiger partial charge in [-0.15, -0.1) is 0 Å². The number of amides is 2. The third kappa shape index (κ3) is 5.78. The van der Waals surface area contributed by atoms with Gasteiger partial charge in [0.1, 0.15) is 11.9 Å². The van der Waals surface area contributed by atoms with Gasteiger partial charge in [-0.1, -0.05) is 13.8 Å². The van der Waals surface area contributed by atoms with E-state index >= 15 is 8.78 Å². The van der Waals surface area contributed by atoms with E-state index in [2.05, 4.69) is 26.8 Å². The third-order valence-corrected chi connectivity index (χ3v) is 11.8. The van der Waals surface area contributed by atoms with Crippen LogP contribution in [0, 0.1) is 10.8 Å². The minimum atomic E-state index is -4.53. The van der Waals surface area contributed by atoms with E-state index in [1.54, 1.807) is 4.90 Å². The second-order valence-corrected chi connectivity index (χ2v) is 17.3. The average Bonchev–Trinajstić information content (AvgIpc) is 3.53. The van der Waals surface area contributed by atoms with Gasteiger partial charge in [0.2, 0.25) is 5.91 Å². The van der Waals surface area contributed by atoms with Crippen LogP contribution in [-0.2, 0) is 25.6 Å². The van der Waals surface area contributed by atoms with Crippen LogP contribution in [0.5, 0.6) is 0 Å². The molecule has 6 aliphatic rings. The highest BCUT2D eigenvalue weighted by Crippen LogP contribution is 2.84. The number of hydrogen-bond donors (Lipinski definition) is 0. The number of fused-ring (bicyclic) bond motifs is 3. The van der Waals surface area contributed by atoms with Gasteiger partial charge in [0.25, 0.3) is 5.92 Å². The Balaban J connectivity index is 1.18. The molecule has 3 aliphatic carbocycles. The maximum Gasteiger partial charge on any atom is 0.410 e. The van der Waals surface area contributed by atoms with Crippen molar-refractivity contribution >= 4 is 23.3 Å². The molecule has 0 aromatic carbocycles. The first-order chi connectivity index (χ1) is 23.6. The fourth-order valence-electron chi connectivity index (χ4n) is 9.14. The molecule has 2 saturated heterocycles. The molecule has 2 bridgehead atoms. The van der Waals surface area contributed by atoms with E-state index in [1.807, 2.05) is 41.5 Å². The molecule has 8 rings (SSSR count). The topological polar surface area (TPSA) is 95.8 Å². The van der Waals surface area contributed by atoms with Crippen LogP contribution in [-0.4, -0.2) is 124 Å². The molecule has 5 fully saturated rings. The summed E-state index contributed by atoms with van der Waals surface area (Å²) in [4.78, 5) is 39.4. The predicted molar refractivity (Wildman–Crippen MR) is 177 cm³/mol. The molecule has 0 N–H and O–H groups in total. The van der Waals surface area contributed by atoms with Gasteiger partial charge in [0.05, 0.1) is 42.1 Å². The van der Waals surface area contributed by atoms with Crippen molar-refractivity contribution in [3.8, 4) is 0 Å². The van der Waals surface area contributed by atoms with Gasteiger partial charge in [-0.05, 0) is 59.9 Å². The zero-order valence-corrected chi connectivity index (χ0v) is 30.3. The lowest BCUT2D eigenvalue weighted by Crippen LogP contribution is -2.73. The molecule has 11 nitrogen and oxygen atoms in total. The summed E-state index contributed by atoms with van der Waals surface area (Å²) in [5, 5.41) is 4.28. The van der Waals surface area contributed by atoms with E-state index in [-0.39, 0.29) is 48.5 Å². The minimum absolute atomic E-state index is 0.0371. The number of halogens is 5. The first kappa shape index (κ1) is 36.3. The van der Waals surface area contributed by atoms with Gasteiger partial charge in [0, 0.05) is 61.7 Å². The van der Waals surface area contributed by atoms with Crippen LogP contribution in [0.15, 0.2) is 12.4 Å². The van der Waals surface area contributed by atoms with Crippen molar-refractivity contribution in [2.24, 2.45) is 10.8 Å². The van der Waals surface area contributed by atoms with Crippen molar-refractivity contribution < 1.29 is 41.0 Å². The number of anilines is 1. The molecule has 3 atom stereocenters. The van der Waals surface area contributed by atoms with Crippen LogP contribution < -0.4 is 4.90 Å². The Morgan fingerprint density at radius 1 is 1.00 bits per heavy atom. The normalized spacial score (nSPS) is 31.3. The van der Waals surface area contributed by atoms with E-state index in [9.17, 15) is 22.8 Å². The molecule has 282 valence electrons. The predicted octanol–water partition coefficient (Wildman–Crippen LogP) is 5.21. The quantitative estimate of drug-likeness (QED) is 0.375. The number of ether oxygens (including phenoxy) is 2. The summed E-state index contributed by atoms with van der Waals surface area (Å²) < 4.78 is 86.7. The van der Waals surface area contributed by atoms with Gasteiger partial charge in [-0.25, -0.2) is 23.1 Å². The summed E-state index contributed by atoms with van der Waals surface area (Å²) in [6.45, 7) is 16.5. The van der Waals surface area contributed by atoms with Crippen LogP contribution in [0.4, 0.5) is 32.4 Å². The summed E-state index contributed by atoms with van der Waals surface area (Å²) >= 11 is 0. The summed E-state index contributed by atoms with van der Waals surface area (Å²) in [5.74, 6) is -3.94. The highest BCUT2D eigenvalue weighted by Gasteiger charge is 2.85. The molecule has 16 heteroatoms. The van der Waals surface area contributed by atoms with Crippen LogP contribution in [0.1, 0.15) is 79.0 Å². The Morgan fingerprint density at radius 3 is 2.31 bits per heavy atom. The van der Waals surface area contributed by atoms with E-state index < -0.39 is 64.9 Å². The molecule has 51 heavy (non-hydrogen) atoms. The number of pyridine rings is 1. The van der Waals surface area contributed by atoms with Gasteiger partial charge >= 0.3 is 12.3 Å². The smallest absolute Gasteiger partial charge is 0.410 e. The molecule has 0 radical (unpaired) electrons. The molecule has 2 amide bonds. The minimum Gasteiger partial charge on any atom is -0.444 e. The fraction of sp³-hybridized carbons (Fsp3) is 0.771. The van der Waals surface area contributed by atoms with Crippen molar-refractivity contribution in [3.63, 3.8) is 0 Å². The molecule has 3 saturated carbocycles. The van der Waals surface area contributed by atoms with Crippen LogP contribution in [0.25, 0.3) is 5.65 Å². The number of hydrogen-bond acceptors (Lipinski definition) is 8. The molecule has 2 aromatic rings. The zero-order valence-electron chi connectivity index (χ0n) is 30.3. The SMILES string of the molecule is C[C@@H]1COCCN1C[C@H]1CN(C(=O)OC(C)(C)C)[C@H](C)CN1CC(=O)N1CC(C)(C)c2c1cc(C(F)(F)C13CC(C(F)(F)F)(C1)C3)c1ncnn21. The fourth-order valence-corrected chi connectivity index (χ4v) is 9.14. The zero-order chi connectivity index (χ0) is 37.1. The number of carbonyl (C=O) groups is 2. The van der Waals surface area contributed by atoms with Crippen molar-refractivity contribution in [2.75, 3.05) is 57.4 Å². The highest BCUT2D eigenvalue weighted by atomic mass is 19.4. The Morgan fingerprint density at radius 2 is 1.69 bits per heavy atom. The second-order valence-electron chi connectivity index (χ2n) is 17.3.